The van der Waals surface area contributed by atoms with Crippen LogP contribution in [0.3, 0.4) is 0 Å². The maximum atomic E-state index is 13.4. The van der Waals surface area contributed by atoms with E-state index in [1.54, 1.807) is 36.4 Å². The molecule has 1 amide bonds. The summed E-state index contributed by atoms with van der Waals surface area (Å²) >= 11 is 0. The number of carbonyl (C=O) groups excluding carboxylic acids is 1. The summed E-state index contributed by atoms with van der Waals surface area (Å²) in [5, 5.41) is 3.02. The molecular weight excluding hydrogens is 395 g/mol. The third-order valence-corrected chi connectivity index (χ3v) is 5.29. The third-order valence-electron chi connectivity index (χ3n) is 5.29. The van der Waals surface area contributed by atoms with E-state index in [0.717, 1.165) is 24.4 Å². The average Bonchev–Trinajstić information content (AvgIpc) is 2.82. The van der Waals surface area contributed by atoms with Gasteiger partial charge in [0.25, 0.3) is 5.91 Å². The van der Waals surface area contributed by atoms with Gasteiger partial charge in [0.2, 0.25) is 0 Å². The first kappa shape index (κ1) is 21.0. The zero-order valence-corrected chi connectivity index (χ0v) is 17.2. The van der Waals surface area contributed by atoms with Crippen LogP contribution in [-0.2, 0) is 4.74 Å². The van der Waals surface area contributed by atoms with Crippen LogP contribution in [0.2, 0.25) is 0 Å². The minimum atomic E-state index is -0.272. The van der Waals surface area contributed by atoms with Gasteiger partial charge in [0, 0.05) is 25.2 Å². The highest BCUT2D eigenvalue weighted by Crippen LogP contribution is 2.23. The van der Waals surface area contributed by atoms with Crippen LogP contribution in [0.4, 0.5) is 4.39 Å². The number of hydrogen-bond acceptors (Lipinski definition) is 4. The van der Waals surface area contributed by atoms with Crippen molar-refractivity contribution in [3.8, 4) is 11.5 Å². The van der Waals surface area contributed by atoms with Crippen LogP contribution < -0.4 is 10.1 Å². The van der Waals surface area contributed by atoms with Crippen LogP contribution in [0.15, 0.2) is 78.9 Å². The molecule has 0 spiro atoms. The van der Waals surface area contributed by atoms with Gasteiger partial charge in [-0.2, -0.15) is 0 Å². The van der Waals surface area contributed by atoms with Crippen molar-refractivity contribution in [1.29, 1.82) is 0 Å². The minimum absolute atomic E-state index is 0.0471. The van der Waals surface area contributed by atoms with Crippen LogP contribution in [0.5, 0.6) is 11.5 Å². The van der Waals surface area contributed by atoms with E-state index in [0.29, 0.717) is 31.1 Å². The standard InChI is InChI=1S/C25H25FN2O3/c26-21-10-6-19(7-11-21)24(28-14-16-30-17-15-28)18-27-25(29)20-8-12-23(13-9-20)31-22-4-2-1-3-5-22/h1-13,24H,14-18H2,(H,27,29)/t24-/m0/s1. The van der Waals surface area contributed by atoms with Crippen LogP contribution in [0, 0.1) is 5.82 Å². The maximum Gasteiger partial charge on any atom is 0.251 e. The lowest BCUT2D eigenvalue weighted by Crippen LogP contribution is -2.43. The molecule has 3 aromatic carbocycles. The van der Waals surface area contributed by atoms with Crippen molar-refractivity contribution in [2.24, 2.45) is 0 Å². The van der Waals surface area contributed by atoms with Crippen LogP contribution in [0.1, 0.15) is 22.0 Å². The first-order chi connectivity index (χ1) is 15.2. The number of morpholine rings is 1. The zero-order valence-electron chi connectivity index (χ0n) is 17.2. The fourth-order valence-corrected chi connectivity index (χ4v) is 3.62. The summed E-state index contributed by atoms with van der Waals surface area (Å²) in [4.78, 5) is 15.0. The quantitative estimate of drug-likeness (QED) is 0.615. The Morgan fingerprint density at radius 1 is 0.935 bits per heavy atom. The topological polar surface area (TPSA) is 50.8 Å². The lowest BCUT2D eigenvalue weighted by Gasteiger charge is -2.35. The Bertz CT molecular complexity index is 972. The summed E-state index contributed by atoms with van der Waals surface area (Å²) < 4.78 is 24.6. The molecule has 5 nitrogen and oxygen atoms in total. The Balaban J connectivity index is 1.40. The molecule has 3 aromatic rings. The normalized spacial score (nSPS) is 15.3. The van der Waals surface area contributed by atoms with Crippen LogP contribution in [-0.4, -0.2) is 43.7 Å². The van der Waals surface area contributed by atoms with Gasteiger partial charge in [-0.3, -0.25) is 9.69 Å². The molecule has 1 atom stereocenters. The molecule has 6 heteroatoms. The van der Waals surface area contributed by atoms with Gasteiger partial charge in [-0.1, -0.05) is 30.3 Å². The Morgan fingerprint density at radius 2 is 1.58 bits per heavy atom. The van der Waals surface area contributed by atoms with E-state index in [1.807, 2.05) is 30.3 Å². The van der Waals surface area contributed by atoms with Crippen molar-refractivity contribution in [2.75, 3.05) is 32.8 Å². The highest BCUT2D eigenvalue weighted by molar-refractivity contribution is 5.94. The molecule has 31 heavy (non-hydrogen) atoms. The summed E-state index contributed by atoms with van der Waals surface area (Å²) in [7, 11) is 0. The van der Waals surface area contributed by atoms with E-state index < -0.39 is 0 Å². The summed E-state index contributed by atoms with van der Waals surface area (Å²) in [6.07, 6.45) is 0. The predicted molar refractivity (Wildman–Crippen MR) is 117 cm³/mol. The molecule has 0 aliphatic carbocycles. The van der Waals surface area contributed by atoms with Crippen molar-refractivity contribution in [3.05, 3.63) is 95.8 Å². The lowest BCUT2D eigenvalue weighted by molar-refractivity contribution is 0.0162. The van der Waals surface area contributed by atoms with Crippen molar-refractivity contribution >= 4 is 5.91 Å². The van der Waals surface area contributed by atoms with E-state index in [2.05, 4.69) is 10.2 Å². The second-order valence-corrected chi connectivity index (χ2v) is 7.37. The number of nitrogens with one attached hydrogen (secondary N) is 1. The number of para-hydroxylation sites is 1. The van der Waals surface area contributed by atoms with Crippen molar-refractivity contribution in [1.82, 2.24) is 10.2 Å². The Hall–Kier alpha value is -3.22. The van der Waals surface area contributed by atoms with Gasteiger partial charge in [-0.05, 0) is 54.1 Å². The molecule has 0 radical (unpaired) electrons. The van der Waals surface area contributed by atoms with E-state index in [9.17, 15) is 9.18 Å². The lowest BCUT2D eigenvalue weighted by atomic mass is 10.0. The maximum absolute atomic E-state index is 13.4. The van der Waals surface area contributed by atoms with Crippen molar-refractivity contribution < 1.29 is 18.7 Å². The molecule has 1 fully saturated rings. The monoisotopic (exact) mass is 420 g/mol. The third kappa shape index (κ3) is 5.69. The molecule has 1 saturated heterocycles. The summed E-state index contributed by atoms with van der Waals surface area (Å²) in [6.45, 7) is 3.25. The zero-order chi connectivity index (χ0) is 21.5. The molecule has 1 N–H and O–H groups in total. The molecule has 160 valence electrons. The number of ether oxygens (including phenoxy) is 2. The fraction of sp³-hybridized carbons (Fsp3) is 0.240. The second kappa shape index (κ2) is 10.2. The Kier molecular flexibility index (Phi) is 6.92. The molecule has 1 heterocycles. The summed E-state index contributed by atoms with van der Waals surface area (Å²) in [5.41, 5.74) is 1.52. The molecule has 4 rings (SSSR count). The van der Waals surface area contributed by atoms with Gasteiger partial charge in [0.05, 0.1) is 19.3 Å². The smallest absolute Gasteiger partial charge is 0.251 e. The molecule has 1 aliphatic heterocycles. The van der Waals surface area contributed by atoms with E-state index in [1.165, 1.54) is 12.1 Å². The summed E-state index contributed by atoms with van der Waals surface area (Å²) in [6, 6.07) is 23.0. The SMILES string of the molecule is O=C(NC[C@@H](c1ccc(F)cc1)N1CCOCC1)c1ccc(Oc2ccccc2)cc1. The summed E-state index contributed by atoms with van der Waals surface area (Å²) in [5.74, 6) is 0.977. The van der Waals surface area contributed by atoms with Gasteiger partial charge in [0.15, 0.2) is 0 Å². The van der Waals surface area contributed by atoms with Crippen molar-refractivity contribution in [2.45, 2.75) is 6.04 Å². The largest absolute Gasteiger partial charge is 0.457 e. The van der Waals surface area contributed by atoms with Gasteiger partial charge in [-0.25, -0.2) is 4.39 Å². The van der Waals surface area contributed by atoms with Crippen molar-refractivity contribution in [3.63, 3.8) is 0 Å². The molecule has 0 bridgehead atoms. The number of halogens is 1. The minimum Gasteiger partial charge on any atom is -0.457 e. The Labute approximate surface area is 181 Å². The highest BCUT2D eigenvalue weighted by atomic mass is 19.1. The molecular formula is C25H25FN2O3. The van der Waals surface area contributed by atoms with Gasteiger partial charge in [-0.15, -0.1) is 0 Å². The van der Waals surface area contributed by atoms with Crippen LogP contribution >= 0.6 is 0 Å². The first-order valence-corrected chi connectivity index (χ1v) is 10.4. The number of rotatable bonds is 7. The fourth-order valence-electron chi connectivity index (χ4n) is 3.62. The van der Waals surface area contributed by atoms with Gasteiger partial charge >= 0.3 is 0 Å². The van der Waals surface area contributed by atoms with Gasteiger partial charge in [0.1, 0.15) is 17.3 Å². The average molecular weight is 420 g/mol. The highest BCUT2D eigenvalue weighted by Gasteiger charge is 2.23. The molecule has 0 unspecified atom stereocenters. The van der Waals surface area contributed by atoms with E-state index >= 15 is 0 Å². The second-order valence-electron chi connectivity index (χ2n) is 7.37. The number of nitrogens with zero attached hydrogens (tertiary/aromatic N) is 1. The van der Waals surface area contributed by atoms with Crippen LogP contribution in [0.25, 0.3) is 0 Å². The molecule has 1 aliphatic rings. The number of carbonyl (C=O) groups is 1. The predicted octanol–water partition coefficient (Wildman–Crippen LogP) is 4.42. The molecule has 0 aromatic heterocycles. The number of hydrogen-bond donors (Lipinski definition) is 1. The van der Waals surface area contributed by atoms with E-state index in [-0.39, 0.29) is 17.8 Å². The Morgan fingerprint density at radius 3 is 2.26 bits per heavy atom. The number of amides is 1. The number of benzene rings is 3. The van der Waals surface area contributed by atoms with Gasteiger partial charge < -0.3 is 14.8 Å². The van der Waals surface area contributed by atoms with E-state index in [4.69, 9.17) is 9.47 Å². The molecule has 0 saturated carbocycles. The first-order valence-electron chi connectivity index (χ1n) is 10.4.